The molecule has 7 heteroatoms. The molecule has 0 radical (unpaired) electrons. The maximum atomic E-state index is 12.0. The molecule has 1 N–H and O–H groups in total. The summed E-state index contributed by atoms with van der Waals surface area (Å²) in [6.45, 7) is 7.35. The van der Waals surface area contributed by atoms with Crippen LogP contribution in [-0.2, 0) is 16.1 Å². The quantitative estimate of drug-likeness (QED) is 0.213. The van der Waals surface area contributed by atoms with Crippen LogP contribution in [0.15, 0.2) is 59.6 Å². The van der Waals surface area contributed by atoms with Crippen molar-refractivity contribution in [1.29, 1.82) is 0 Å². The van der Waals surface area contributed by atoms with Crippen LogP contribution in [0, 0.1) is 0 Å². The number of amides is 1. The minimum Gasteiger partial charge on any atom is -0.375 e. The number of hydrogen-bond acceptors (Lipinski definition) is 3. The first-order valence-corrected chi connectivity index (χ1v) is 11.8. The number of likely N-dealkylation sites (tertiary alicyclic amines) is 1. The van der Waals surface area contributed by atoms with Gasteiger partial charge in [-0.05, 0) is 37.0 Å². The third-order valence-corrected chi connectivity index (χ3v) is 6.19. The maximum absolute atomic E-state index is 12.0. The van der Waals surface area contributed by atoms with Crippen LogP contribution in [0.4, 0.5) is 5.69 Å². The number of nitrogens with zero attached hydrogens (tertiary/aromatic N) is 3. The molecule has 2 aliphatic heterocycles. The molecule has 0 aliphatic carbocycles. The Morgan fingerprint density at radius 2 is 1.94 bits per heavy atom. The summed E-state index contributed by atoms with van der Waals surface area (Å²) in [5.41, 5.74) is 3.75. The van der Waals surface area contributed by atoms with Gasteiger partial charge in [0.1, 0.15) is 0 Å². The van der Waals surface area contributed by atoms with Gasteiger partial charge in [0.25, 0.3) is 0 Å². The highest BCUT2D eigenvalue weighted by atomic mass is 127. The second-order valence-corrected chi connectivity index (χ2v) is 8.41. The highest BCUT2D eigenvalue weighted by molar-refractivity contribution is 14.0. The lowest BCUT2D eigenvalue weighted by Gasteiger charge is -2.23. The molecule has 2 aliphatic rings. The zero-order valence-corrected chi connectivity index (χ0v) is 21.7. The molecule has 0 aromatic heterocycles. The smallest absolute Gasteiger partial charge is 0.222 e. The minimum absolute atomic E-state index is 0. The Balaban J connectivity index is 0.00000306. The molecule has 0 bridgehead atoms. The van der Waals surface area contributed by atoms with Gasteiger partial charge < -0.3 is 19.9 Å². The summed E-state index contributed by atoms with van der Waals surface area (Å²) in [6, 6.07) is 18.8. The number of guanidine groups is 1. The van der Waals surface area contributed by atoms with E-state index in [1.165, 1.54) is 16.8 Å². The molecule has 4 rings (SSSR count). The van der Waals surface area contributed by atoms with Gasteiger partial charge in [-0.3, -0.25) is 9.79 Å². The monoisotopic (exact) mass is 562 g/mol. The van der Waals surface area contributed by atoms with Crippen LogP contribution >= 0.6 is 24.0 Å². The van der Waals surface area contributed by atoms with E-state index in [4.69, 9.17) is 9.73 Å². The summed E-state index contributed by atoms with van der Waals surface area (Å²) in [5, 5.41) is 3.45. The zero-order chi connectivity index (χ0) is 22.2. The van der Waals surface area contributed by atoms with Crippen LogP contribution in [0.25, 0.3) is 0 Å². The fourth-order valence-electron chi connectivity index (χ4n) is 4.57. The van der Waals surface area contributed by atoms with Crippen molar-refractivity contribution >= 4 is 41.5 Å². The number of ether oxygens (including phenoxy) is 1. The fraction of sp³-hybridized carbons (Fsp3) is 0.462. The van der Waals surface area contributed by atoms with E-state index in [1.807, 2.05) is 23.1 Å². The number of rotatable bonds is 9. The van der Waals surface area contributed by atoms with Crippen LogP contribution in [0.3, 0.4) is 0 Å². The van der Waals surface area contributed by atoms with Crippen molar-refractivity contribution in [2.45, 2.75) is 38.7 Å². The molecule has 2 heterocycles. The predicted octanol–water partition coefficient (Wildman–Crippen LogP) is 4.40. The van der Waals surface area contributed by atoms with Crippen molar-refractivity contribution in [2.24, 2.45) is 4.99 Å². The summed E-state index contributed by atoms with van der Waals surface area (Å²) in [5.74, 6) is 1.61. The summed E-state index contributed by atoms with van der Waals surface area (Å²) >= 11 is 0. The van der Waals surface area contributed by atoms with E-state index in [1.54, 1.807) is 0 Å². The van der Waals surface area contributed by atoms with E-state index in [9.17, 15) is 4.79 Å². The number of carbonyl (C=O) groups is 1. The molecule has 0 spiro atoms. The van der Waals surface area contributed by atoms with Crippen LogP contribution in [-0.4, -0.2) is 56.1 Å². The Morgan fingerprint density at radius 1 is 1.15 bits per heavy atom. The Morgan fingerprint density at radius 3 is 2.70 bits per heavy atom. The molecule has 33 heavy (non-hydrogen) atoms. The molecule has 2 aromatic carbocycles. The third kappa shape index (κ3) is 6.69. The summed E-state index contributed by atoms with van der Waals surface area (Å²) in [4.78, 5) is 21.2. The topological polar surface area (TPSA) is 57.2 Å². The Bertz CT molecular complexity index is 922. The largest absolute Gasteiger partial charge is 0.375 e. The highest BCUT2D eigenvalue weighted by Crippen LogP contribution is 2.38. The Labute approximate surface area is 214 Å². The van der Waals surface area contributed by atoms with E-state index < -0.39 is 0 Å². The Kier molecular flexibility index (Phi) is 9.99. The second-order valence-electron chi connectivity index (χ2n) is 8.41. The van der Waals surface area contributed by atoms with Gasteiger partial charge in [0.2, 0.25) is 5.91 Å². The molecule has 1 unspecified atom stereocenters. The lowest BCUT2D eigenvalue weighted by Crippen LogP contribution is -2.41. The summed E-state index contributed by atoms with van der Waals surface area (Å²) < 4.78 is 5.82. The van der Waals surface area contributed by atoms with Crippen molar-refractivity contribution < 1.29 is 9.53 Å². The van der Waals surface area contributed by atoms with Gasteiger partial charge in [0, 0.05) is 44.2 Å². The fourth-order valence-corrected chi connectivity index (χ4v) is 4.57. The van der Waals surface area contributed by atoms with Gasteiger partial charge in [-0.25, -0.2) is 0 Å². The van der Waals surface area contributed by atoms with Crippen molar-refractivity contribution in [3.8, 4) is 0 Å². The first kappa shape index (κ1) is 25.5. The summed E-state index contributed by atoms with van der Waals surface area (Å²) in [7, 11) is 0. The standard InChI is InChI=1S/C26H34N4O2.HI/c1-2-27-26(28-15-18-32-20-21-9-4-3-5-10-21)30-19-22(23-11-6-7-12-24(23)30)14-17-29-16-8-13-25(29)31;/h3-7,9-12,22H,2,8,13-20H2,1H3,(H,27,28);1H. The highest BCUT2D eigenvalue weighted by Gasteiger charge is 2.32. The number of fused-ring (bicyclic) bond motifs is 1. The van der Waals surface area contributed by atoms with E-state index >= 15 is 0 Å². The number of nitrogens with one attached hydrogen (secondary N) is 1. The number of para-hydroxylation sites is 1. The number of hydrogen-bond donors (Lipinski definition) is 1. The van der Waals surface area contributed by atoms with Crippen LogP contribution in [0.5, 0.6) is 0 Å². The van der Waals surface area contributed by atoms with E-state index in [0.717, 1.165) is 45.0 Å². The zero-order valence-electron chi connectivity index (χ0n) is 19.4. The summed E-state index contributed by atoms with van der Waals surface area (Å²) in [6.07, 6.45) is 2.69. The van der Waals surface area contributed by atoms with Crippen molar-refractivity contribution in [1.82, 2.24) is 10.2 Å². The molecule has 1 saturated heterocycles. The first-order chi connectivity index (χ1) is 15.8. The van der Waals surface area contributed by atoms with Crippen LogP contribution < -0.4 is 10.2 Å². The molecular weight excluding hydrogens is 527 g/mol. The number of carbonyl (C=O) groups excluding carboxylic acids is 1. The van der Waals surface area contributed by atoms with Crippen molar-refractivity contribution in [3.05, 3.63) is 65.7 Å². The number of benzene rings is 2. The third-order valence-electron chi connectivity index (χ3n) is 6.19. The molecule has 1 fully saturated rings. The van der Waals surface area contributed by atoms with Crippen molar-refractivity contribution in [2.75, 3.05) is 44.2 Å². The molecular formula is C26H35IN4O2. The SMILES string of the molecule is CCNC(=NCCOCc1ccccc1)N1CC(CCN2CCCC2=O)c2ccccc21.I. The molecule has 2 aromatic rings. The first-order valence-electron chi connectivity index (χ1n) is 11.8. The van der Waals surface area contributed by atoms with Gasteiger partial charge in [-0.15, -0.1) is 24.0 Å². The average molecular weight is 562 g/mol. The predicted molar refractivity (Wildman–Crippen MR) is 144 cm³/mol. The van der Waals surface area contributed by atoms with E-state index in [0.29, 0.717) is 38.0 Å². The van der Waals surface area contributed by atoms with Crippen molar-refractivity contribution in [3.63, 3.8) is 0 Å². The lowest BCUT2D eigenvalue weighted by atomic mass is 9.98. The van der Waals surface area contributed by atoms with Gasteiger partial charge in [0.05, 0.1) is 19.8 Å². The average Bonchev–Trinajstić information content (AvgIpc) is 3.40. The maximum Gasteiger partial charge on any atom is 0.222 e. The molecule has 6 nitrogen and oxygen atoms in total. The Hall–Kier alpha value is -2.13. The molecule has 1 atom stereocenters. The van der Waals surface area contributed by atoms with Gasteiger partial charge >= 0.3 is 0 Å². The number of halogens is 1. The van der Waals surface area contributed by atoms with Gasteiger partial charge in [0.15, 0.2) is 5.96 Å². The second kappa shape index (κ2) is 12.9. The lowest BCUT2D eigenvalue weighted by molar-refractivity contribution is -0.127. The normalized spacial score (nSPS) is 17.8. The van der Waals surface area contributed by atoms with Crippen LogP contribution in [0.1, 0.15) is 43.2 Å². The molecule has 178 valence electrons. The van der Waals surface area contributed by atoms with Gasteiger partial charge in [-0.1, -0.05) is 48.5 Å². The van der Waals surface area contributed by atoms with Gasteiger partial charge in [-0.2, -0.15) is 0 Å². The van der Waals surface area contributed by atoms with E-state index in [-0.39, 0.29) is 24.0 Å². The van der Waals surface area contributed by atoms with E-state index in [2.05, 4.69) is 53.5 Å². The number of aliphatic imine (C=N–C) groups is 1. The number of anilines is 1. The molecule has 0 saturated carbocycles. The minimum atomic E-state index is 0. The van der Waals surface area contributed by atoms with Crippen LogP contribution in [0.2, 0.25) is 0 Å². The molecule has 1 amide bonds.